The van der Waals surface area contributed by atoms with Crippen molar-refractivity contribution in [1.29, 1.82) is 0 Å². The molecule has 2 fully saturated rings. The van der Waals surface area contributed by atoms with Crippen molar-refractivity contribution in [1.82, 2.24) is 9.80 Å². The van der Waals surface area contributed by atoms with E-state index in [0.717, 1.165) is 32.6 Å². The zero-order valence-electron chi connectivity index (χ0n) is 9.74. The molecule has 1 saturated carbocycles. The van der Waals surface area contributed by atoms with Crippen molar-refractivity contribution in [3.8, 4) is 0 Å². The van der Waals surface area contributed by atoms with Gasteiger partial charge in [0.25, 0.3) is 0 Å². The molecule has 0 spiro atoms. The monoisotopic (exact) mass is 210 g/mol. The van der Waals surface area contributed by atoms with Gasteiger partial charge in [-0.3, -0.25) is 4.79 Å². The van der Waals surface area contributed by atoms with Gasteiger partial charge in [0.15, 0.2) is 0 Å². The Morgan fingerprint density at radius 2 is 1.73 bits per heavy atom. The zero-order chi connectivity index (χ0) is 10.7. The van der Waals surface area contributed by atoms with Crippen LogP contribution in [0, 0.1) is 5.92 Å². The molecular formula is C12H22N2O. The van der Waals surface area contributed by atoms with E-state index in [1.165, 1.54) is 25.7 Å². The predicted octanol–water partition coefficient (Wildman–Crippen LogP) is 1.34. The molecule has 2 aliphatic rings. The number of likely N-dealkylation sites (N-methyl/N-ethyl adjacent to an activating group) is 1. The first-order valence-corrected chi connectivity index (χ1v) is 6.22. The summed E-state index contributed by atoms with van der Waals surface area (Å²) < 4.78 is 0. The Bertz CT molecular complexity index is 216. The first kappa shape index (κ1) is 10.9. The van der Waals surface area contributed by atoms with Gasteiger partial charge in [-0.15, -0.1) is 0 Å². The highest BCUT2D eigenvalue weighted by molar-refractivity contribution is 5.76. The minimum Gasteiger partial charge on any atom is -0.340 e. The number of rotatable bonds is 2. The Morgan fingerprint density at radius 3 is 2.33 bits per heavy atom. The van der Waals surface area contributed by atoms with Crippen molar-refractivity contribution in [2.75, 3.05) is 33.2 Å². The number of hydrogen-bond acceptors (Lipinski definition) is 2. The number of nitrogens with zero attached hydrogens (tertiary/aromatic N) is 2. The summed E-state index contributed by atoms with van der Waals surface area (Å²) in [4.78, 5) is 16.3. The highest BCUT2D eigenvalue weighted by Gasteiger charge is 2.23. The van der Waals surface area contributed by atoms with Crippen LogP contribution in [0.15, 0.2) is 0 Å². The second-order valence-electron chi connectivity index (χ2n) is 5.04. The van der Waals surface area contributed by atoms with Gasteiger partial charge in [-0.05, 0) is 25.8 Å². The van der Waals surface area contributed by atoms with Crippen LogP contribution in [0.2, 0.25) is 0 Å². The molecule has 0 atom stereocenters. The van der Waals surface area contributed by atoms with Crippen LogP contribution in [-0.2, 0) is 4.79 Å². The summed E-state index contributed by atoms with van der Waals surface area (Å²) in [6.45, 7) is 3.94. The highest BCUT2D eigenvalue weighted by Crippen LogP contribution is 2.28. The molecule has 0 aromatic carbocycles. The van der Waals surface area contributed by atoms with E-state index in [2.05, 4.69) is 16.8 Å². The molecule has 3 heteroatoms. The van der Waals surface area contributed by atoms with Gasteiger partial charge in [0.05, 0.1) is 0 Å². The molecule has 1 amide bonds. The first-order valence-electron chi connectivity index (χ1n) is 6.22. The van der Waals surface area contributed by atoms with E-state index in [1.807, 2.05) is 0 Å². The maximum Gasteiger partial charge on any atom is 0.222 e. The van der Waals surface area contributed by atoms with Crippen molar-refractivity contribution in [3.05, 3.63) is 0 Å². The summed E-state index contributed by atoms with van der Waals surface area (Å²) in [5.41, 5.74) is 0. The van der Waals surface area contributed by atoms with E-state index < -0.39 is 0 Å². The first-order chi connectivity index (χ1) is 7.25. The third kappa shape index (κ3) is 2.94. The lowest BCUT2D eigenvalue weighted by Crippen LogP contribution is -2.47. The lowest BCUT2D eigenvalue weighted by atomic mass is 10.0. The summed E-state index contributed by atoms with van der Waals surface area (Å²) in [7, 11) is 2.12. The quantitative estimate of drug-likeness (QED) is 0.686. The Morgan fingerprint density at radius 1 is 1.13 bits per heavy atom. The van der Waals surface area contributed by atoms with E-state index >= 15 is 0 Å². The predicted molar refractivity (Wildman–Crippen MR) is 60.7 cm³/mol. The summed E-state index contributed by atoms with van der Waals surface area (Å²) in [5, 5.41) is 0. The van der Waals surface area contributed by atoms with Crippen LogP contribution >= 0.6 is 0 Å². The van der Waals surface area contributed by atoms with Gasteiger partial charge in [0.1, 0.15) is 0 Å². The normalized spacial score (nSPS) is 24.7. The molecular weight excluding hydrogens is 188 g/mol. The van der Waals surface area contributed by atoms with Crippen LogP contribution in [0.5, 0.6) is 0 Å². The molecule has 1 aliphatic heterocycles. The topological polar surface area (TPSA) is 23.6 Å². The highest BCUT2D eigenvalue weighted by atomic mass is 16.2. The molecule has 1 aliphatic carbocycles. The minimum atomic E-state index is 0.398. The number of carbonyl (C=O) groups is 1. The Balaban J connectivity index is 1.75. The fraction of sp³-hybridized carbons (Fsp3) is 0.917. The van der Waals surface area contributed by atoms with Crippen LogP contribution in [-0.4, -0.2) is 48.9 Å². The second-order valence-corrected chi connectivity index (χ2v) is 5.04. The van der Waals surface area contributed by atoms with Crippen LogP contribution in [0.3, 0.4) is 0 Å². The molecule has 2 rings (SSSR count). The zero-order valence-corrected chi connectivity index (χ0v) is 9.74. The van der Waals surface area contributed by atoms with Gasteiger partial charge >= 0.3 is 0 Å². The standard InChI is InChI=1S/C12H22N2O/c1-13-6-8-14(9-7-13)12(15)10-11-4-2-3-5-11/h11H,2-10H2,1H3. The number of hydrogen-bond donors (Lipinski definition) is 0. The molecule has 1 heterocycles. The Hall–Kier alpha value is -0.570. The van der Waals surface area contributed by atoms with E-state index in [4.69, 9.17) is 0 Å². The fourth-order valence-electron chi connectivity index (χ4n) is 2.65. The van der Waals surface area contributed by atoms with Gasteiger partial charge in [0.2, 0.25) is 5.91 Å². The maximum absolute atomic E-state index is 12.0. The molecule has 3 nitrogen and oxygen atoms in total. The van der Waals surface area contributed by atoms with E-state index in [-0.39, 0.29) is 0 Å². The molecule has 0 unspecified atom stereocenters. The van der Waals surface area contributed by atoms with Crippen molar-refractivity contribution in [2.24, 2.45) is 5.92 Å². The molecule has 0 aromatic rings. The van der Waals surface area contributed by atoms with Gasteiger partial charge in [-0.25, -0.2) is 0 Å². The molecule has 0 N–H and O–H groups in total. The van der Waals surface area contributed by atoms with E-state index in [1.54, 1.807) is 0 Å². The van der Waals surface area contributed by atoms with Crippen LogP contribution in [0.1, 0.15) is 32.1 Å². The van der Waals surface area contributed by atoms with Gasteiger partial charge in [-0.2, -0.15) is 0 Å². The summed E-state index contributed by atoms with van der Waals surface area (Å²) >= 11 is 0. The van der Waals surface area contributed by atoms with E-state index in [0.29, 0.717) is 11.8 Å². The molecule has 86 valence electrons. The fourth-order valence-corrected chi connectivity index (χ4v) is 2.65. The SMILES string of the molecule is CN1CCN(C(=O)CC2CCCC2)CC1. The van der Waals surface area contributed by atoms with Crippen molar-refractivity contribution >= 4 is 5.91 Å². The Labute approximate surface area is 92.4 Å². The average Bonchev–Trinajstić information content (AvgIpc) is 2.71. The van der Waals surface area contributed by atoms with Gasteiger partial charge < -0.3 is 9.80 Å². The third-order valence-electron chi connectivity index (χ3n) is 3.79. The van der Waals surface area contributed by atoms with Gasteiger partial charge in [-0.1, -0.05) is 12.8 Å². The lowest BCUT2D eigenvalue weighted by Gasteiger charge is -2.33. The molecule has 0 radical (unpaired) electrons. The summed E-state index contributed by atoms with van der Waals surface area (Å²) in [6.07, 6.45) is 6.03. The van der Waals surface area contributed by atoms with E-state index in [9.17, 15) is 4.79 Å². The minimum absolute atomic E-state index is 0.398. The van der Waals surface area contributed by atoms with Crippen LogP contribution in [0.25, 0.3) is 0 Å². The molecule has 0 bridgehead atoms. The van der Waals surface area contributed by atoms with Gasteiger partial charge in [0, 0.05) is 32.6 Å². The Kier molecular flexibility index (Phi) is 3.62. The summed E-state index contributed by atoms with van der Waals surface area (Å²) in [6, 6.07) is 0. The van der Waals surface area contributed by atoms with Crippen molar-refractivity contribution in [3.63, 3.8) is 0 Å². The summed E-state index contributed by atoms with van der Waals surface area (Å²) in [5.74, 6) is 1.09. The van der Waals surface area contributed by atoms with Crippen molar-refractivity contribution in [2.45, 2.75) is 32.1 Å². The molecule has 15 heavy (non-hydrogen) atoms. The smallest absolute Gasteiger partial charge is 0.222 e. The lowest BCUT2D eigenvalue weighted by molar-refractivity contribution is -0.133. The average molecular weight is 210 g/mol. The van der Waals surface area contributed by atoms with Crippen molar-refractivity contribution < 1.29 is 4.79 Å². The number of amides is 1. The third-order valence-corrected chi connectivity index (χ3v) is 3.79. The van der Waals surface area contributed by atoms with Crippen LogP contribution < -0.4 is 0 Å². The molecule has 0 aromatic heterocycles. The molecule has 1 saturated heterocycles. The number of piperazine rings is 1. The van der Waals surface area contributed by atoms with Crippen LogP contribution in [0.4, 0.5) is 0 Å². The maximum atomic E-state index is 12.0. The second kappa shape index (κ2) is 4.97. The number of carbonyl (C=O) groups excluding carboxylic acids is 1. The largest absolute Gasteiger partial charge is 0.340 e.